The maximum atomic E-state index is 3.34. The molecule has 2 nitrogen and oxygen atoms in total. The molecular weight excluding hydrogens is 140 g/mol. The van der Waals surface area contributed by atoms with Gasteiger partial charge >= 0.3 is 0 Å². The average Bonchev–Trinajstić information content (AvgIpc) is 2.12. The second-order valence-electron chi connectivity index (χ2n) is 4.27. The van der Waals surface area contributed by atoms with E-state index in [0.29, 0.717) is 0 Å². The van der Waals surface area contributed by atoms with E-state index < -0.39 is 8.07 Å². The molecule has 0 unspecified atom stereocenters. The van der Waals surface area contributed by atoms with Gasteiger partial charge in [-0.3, -0.25) is 4.90 Å². The first-order valence-corrected chi connectivity index (χ1v) is 7.72. The van der Waals surface area contributed by atoms with Gasteiger partial charge in [0.25, 0.3) is 0 Å². The zero-order valence-corrected chi connectivity index (χ0v) is 8.28. The van der Waals surface area contributed by atoms with E-state index in [1.165, 1.54) is 19.3 Å². The molecule has 0 atom stereocenters. The fraction of sp³-hybridized carbons (Fsp3) is 1.00. The van der Waals surface area contributed by atoms with Gasteiger partial charge in [0, 0.05) is 19.8 Å². The first kappa shape index (κ1) is 8.24. The highest BCUT2D eigenvalue weighted by atomic mass is 28.3. The van der Waals surface area contributed by atoms with Crippen molar-refractivity contribution in [3.8, 4) is 0 Å². The molecule has 0 radical (unpaired) electrons. The molecule has 0 aromatic heterocycles. The number of nitrogens with zero attached hydrogens (tertiary/aromatic N) is 1. The Morgan fingerprint density at radius 2 is 2.10 bits per heavy atom. The standard InChI is InChI=1S/C7H18N2Si/c1-10(2,3)7-9-5-4-8-6-9/h8H,4-7H2,1-3H3. The summed E-state index contributed by atoms with van der Waals surface area (Å²) in [6, 6.07) is 0. The van der Waals surface area contributed by atoms with E-state index >= 15 is 0 Å². The van der Waals surface area contributed by atoms with Gasteiger partial charge in [-0.15, -0.1) is 0 Å². The molecule has 0 aliphatic carbocycles. The predicted octanol–water partition coefficient (Wildman–Crippen LogP) is 0.726. The summed E-state index contributed by atoms with van der Waals surface area (Å²) in [5.74, 6) is 0. The normalized spacial score (nSPS) is 21.9. The van der Waals surface area contributed by atoms with Crippen molar-refractivity contribution >= 4 is 8.07 Å². The molecule has 1 heterocycles. The number of hydrogen-bond donors (Lipinski definition) is 1. The van der Waals surface area contributed by atoms with Crippen LogP contribution >= 0.6 is 0 Å². The van der Waals surface area contributed by atoms with E-state index in [4.69, 9.17) is 0 Å². The number of nitrogens with one attached hydrogen (secondary N) is 1. The van der Waals surface area contributed by atoms with Gasteiger partial charge in [-0.05, 0) is 6.17 Å². The summed E-state index contributed by atoms with van der Waals surface area (Å²) in [5, 5.41) is 3.34. The molecule has 1 aliphatic rings. The lowest BCUT2D eigenvalue weighted by Crippen LogP contribution is -2.39. The van der Waals surface area contributed by atoms with Crippen LogP contribution in [0.15, 0.2) is 0 Å². The van der Waals surface area contributed by atoms with Crippen molar-refractivity contribution in [2.75, 3.05) is 25.9 Å². The highest BCUT2D eigenvalue weighted by Crippen LogP contribution is 2.04. The third kappa shape index (κ3) is 2.81. The smallest absolute Gasteiger partial charge is 0.0600 e. The second-order valence-corrected chi connectivity index (χ2v) is 9.71. The summed E-state index contributed by atoms with van der Waals surface area (Å²) in [7, 11) is -0.836. The van der Waals surface area contributed by atoms with Gasteiger partial charge < -0.3 is 5.32 Å². The van der Waals surface area contributed by atoms with Crippen LogP contribution in [0.1, 0.15) is 0 Å². The van der Waals surface area contributed by atoms with Crippen molar-refractivity contribution in [3.63, 3.8) is 0 Å². The average molecular weight is 158 g/mol. The van der Waals surface area contributed by atoms with Crippen molar-refractivity contribution in [2.24, 2.45) is 0 Å². The lowest BCUT2D eigenvalue weighted by Gasteiger charge is -2.23. The van der Waals surface area contributed by atoms with E-state index in [1.54, 1.807) is 0 Å². The van der Waals surface area contributed by atoms with Crippen molar-refractivity contribution in [3.05, 3.63) is 0 Å². The molecule has 0 amide bonds. The number of rotatable bonds is 2. The van der Waals surface area contributed by atoms with Crippen LogP contribution < -0.4 is 5.32 Å². The predicted molar refractivity (Wildman–Crippen MR) is 47.8 cm³/mol. The summed E-state index contributed by atoms with van der Waals surface area (Å²) < 4.78 is 0. The molecule has 1 rings (SSSR count). The highest BCUT2D eigenvalue weighted by Gasteiger charge is 2.19. The topological polar surface area (TPSA) is 15.3 Å². The lowest BCUT2D eigenvalue weighted by atomic mass is 10.7. The molecule has 1 aliphatic heterocycles. The minimum atomic E-state index is -0.836. The number of hydrogen-bond acceptors (Lipinski definition) is 2. The van der Waals surface area contributed by atoms with Gasteiger partial charge in [-0.1, -0.05) is 19.6 Å². The zero-order valence-electron chi connectivity index (χ0n) is 7.28. The Balaban J connectivity index is 2.24. The molecule has 0 aromatic carbocycles. The largest absolute Gasteiger partial charge is 0.303 e. The molecule has 0 spiro atoms. The van der Waals surface area contributed by atoms with Gasteiger partial charge in [0.2, 0.25) is 0 Å². The molecule has 1 saturated heterocycles. The molecule has 0 saturated carbocycles. The maximum absolute atomic E-state index is 3.34. The quantitative estimate of drug-likeness (QED) is 0.596. The van der Waals surface area contributed by atoms with Crippen LogP contribution in [0.4, 0.5) is 0 Å². The van der Waals surface area contributed by atoms with Crippen LogP contribution in [-0.2, 0) is 0 Å². The third-order valence-corrected chi connectivity index (χ3v) is 3.03. The first-order chi connectivity index (χ1) is 4.58. The van der Waals surface area contributed by atoms with Crippen LogP contribution in [0.5, 0.6) is 0 Å². The fourth-order valence-electron chi connectivity index (χ4n) is 1.36. The summed E-state index contributed by atoms with van der Waals surface area (Å²) in [5.41, 5.74) is 0. The first-order valence-electron chi connectivity index (χ1n) is 4.01. The van der Waals surface area contributed by atoms with E-state index in [0.717, 1.165) is 6.67 Å². The highest BCUT2D eigenvalue weighted by molar-refractivity contribution is 6.76. The van der Waals surface area contributed by atoms with Gasteiger partial charge in [-0.25, -0.2) is 0 Å². The van der Waals surface area contributed by atoms with Gasteiger partial charge in [0.15, 0.2) is 0 Å². The van der Waals surface area contributed by atoms with Crippen molar-refractivity contribution in [1.29, 1.82) is 0 Å². The Hall–Kier alpha value is 0.137. The summed E-state index contributed by atoms with van der Waals surface area (Å²) in [4.78, 5) is 2.52. The fourth-order valence-corrected chi connectivity index (χ4v) is 2.97. The lowest BCUT2D eigenvalue weighted by molar-refractivity contribution is 0.384. The summed E-state index contributed by atoms with van der Waals surface area (Å²) >= 11 is 0. The Labute approximate surface area is 64.6 Å². The Morgan fingerprint density at radius 1 is 1.40 bits per heavy atom. The minimum Gasteiger partial charge on any atom is -0.303 e. The molecule has 1 fully saturated rings. The van der Waals surface area contributed by atoms with Crippen LogP contribution in [0.3, 0.4) is 0 Å². The van der Waals surface area contributed by atoms with Crippen LogP contribution in [-0.4, -0.2) is 38.9 Å². The SMILES string of the molecule is C[Si](C)(C)CN1CCNC1. The van der Waals surface area contributed by atoms with E-state index in [-0.39, 0.29) is 0 Å². The van der Waals surface area contributed by atoms with Crippen molar-refractivity contribution in [1.82, 2.24) is 10.2 Å². The Bertz CT molecular complexity index is 103. The van der Waals surface area contributed by atoms with Crippen molar-refractivity contribution < 1.29 is 0 Å². The molecule has 0 bridgehead atoms. The molecule has 60 valence electrons. The summed E-state index contributed by atoms with van der Waals surface area (Å²) in [6.07, 6.45) is 1.35. The van der Waals surface area contributed by atoms with E-state index in [2.05, 4.69) is 29.9 Å². The second kappa shape index (κ2) is 3.03. The zero-order chi connectivity index (χ0) is 7.61. The third-order valence-electron chi connectivity index (χ3n) is 1.64. The maximum Gasteiger partial charge on any atom is 0.0600 e. The van der Waals surface area contributed by atoms with Gasteiger partial charge in [0.1, 0.15) is 0 Å². The minimum absolute atomic E-state index is 0.836. The molecule has 3 heteroatoms. The monoisotopic (exact) mass is 158 g/mol. The molecule has 1 N–H and O–H groups in total. The summed E-state index contributed by atoms with van der Waals surface area (Å²) in [6.45, 7) is 10.8. The van der Waals surface area contributed by atoms with Gasteiger partial charge in [0.05, 0.1) is 8.07 Å². The molecule has 0 aromatic rings. The molecule has 10 heavy (non-hydrogen) atoms. The van der Waals surface area contributed by atoms with Crippen LogP contribution in [0.25, 0.3) is 0 Å². The van der Waals surface area contributed by atoms with Crippen LogP contribution in [0.2, 0.25) is 19.6 Å². The van der Waals surface area contributed by atoms with Gasteiger partial charge in [-0.2, -0.15) is 0 Å². The molecular formula is C7H18N2Si. The van der Waals surface area contributed by atoms with E-state index in [1.807, 2.05) is 0 Å². The Kier molecular flexibility index (Phi) is 2.49. The van der Waals surface area contributed by atoms with Crippen LogP contribution in [0, 0.1) is 0 Å². The Morgan fingerprint density at radius 3 is 2.50 bits per heavy atom. The van der Waals surface area contributed by atoms with Crippen molar-refractivity contribution in [2.45, 2.75) is 19.6 Å². The van der Waals surface area contributed by atoms with E-state index in [9.17, 15) is 0 Å².